The van der Waals surface area contributed by atoms with E-state index in [0.717, 1.165) is 16.7 Å². The molecule has 1 aromatic heterocycles. The second kappa shape index (κ2) is 9.37. The average molecular weight is 483 g/mol. The van der Waals surface area contributed by atoms with Crippen molar-refractivity contribution in [2.45, 2.75) is 44.5 Å². The molecule has 2 heterocycles. The van der Waals surface area contributed by atoms with Gasteiger partial charge in [-0.25, -0.2) is 22.7 Å². The van der Waals surface area contributed by atoms with Crippen molar-refractivity contribution in [2.24, 2.45) is 0 Å². The molecule has 0 spiro atoms. The number of pyridine rings is 1. The first-order chi connectivity index (χ1) is 16.1. The second-order valence-corrected chi connectivity index (χ2v) is 11.5. The normalized spacial score (nSPS) is 16.9. The van der Waals surface area contributed by atoms with Gasteiger partial charge >= 0.3 is 5.97 Å². The fourth-order valence-corrected chi connectivity index (χ4v) is 5.71. The largest absolute Gasteiger partial charge is 0.477 e. The van der Waals surface area contributed by atoms with Crippen LogP contribution >= 0.6 is 0 Å². The lowest BCUT2D eigenvalue weighted by molar-refractivity contribution is 0.0690. The van der Waals surface area contributed by atoms with Crippen LogP contribution in [0.15, 0.2) is 54.6 Å². The molecule has 3 aromatic rings. The van der Waals surface area contributed by atoms with E-state index in [9.17, 15) is 23.6 Å². The van der Waals surface area contributed by atoms with Gasteiger partial charge < -0.3 is 10.2 Å². The molecule has 0 bridgehead atoms. The van der Waals surface area contributed by atoms with E-state index in [-0.39, 0.29) is 24.2 Å². The summed E-state index contributed by atoms with van der Waals surface area (Å²) in [7, 11) is -1.38. The van der Waals surface area contributed by atoms with Crippen LogP contribution in [0.3, 0.4) is 0 Å². The van der Waals surface area contributed by atoms with Gasteiger partial charge in [-0.2, -0.15) is 0 Å². The number of carbonyl (C=O) groups is 1. The first kappa shape index (κ1) is 24.2. The predicted octanol–water partition coefficient (Wildman–Crippen LogP) is 4.95. The van der Waals surface area contributed by atoms with E-state index < -0.39 is 21.7 Å². The molecule has 0 saturated carbocycles. The van der Waals surface area contributed by atoms with Gasteiger partial charge in [0.2, 0.25) is 0 Å². The van der Waals surface area contributed by atoms with Crippen molar-refractivity contribution in [3.8, 4) is 22.4 Å². The van der Waals surface area contributed by atoms with Crippen LogP contribution in [0, 0.1) is 5.82 Å². The topological polar surface area (TPSA) is 90.7 Å². The molecule has 0 amide bonds. The van der Waals surface area contributed by atoms with Crippen molar-refractivity contribution >= 4 is 17.0 Å². The lowest BCUT2D eigenvalue weighted by Crippen LogP contribution is -2.36. The number of carboxylic acid groups (broad SMARTS) is 1. The average Bonchev–Trinajstić information content (AvgIpc) is 3.16. The van der Waals surface area contributed by atoms with Crippen LogP contribution < -0.4 is 0 Å². The van der Waals surface area contributed by atoms with Crippen molar-refractivity contribution in [1.82, 2.24) is 9.29 Å². The standard InChI is InChI=1S/C26H27FN2O4S/c1-26(2,3)34(33)29-15-19-14-21(25(31)32)28-24(23(19)22(29)10-11-30)18-8-4-6-16(12-18)17-7-5-9-20(27)13-17/h4-9,12-14,22,30H,10-11,15H2,1-3H3,(H,31,32)/t22-,34?/m1/s1. The minimum absolute atomic E-state index is 0.101. The summed E-state index contributed by atoms with van der Waals surface area (Å²) in [5.74, 6) is -1.50. The fraction of sp³-hybridized carbons (Fsp3) is 0.308. The lowest BCUT2D eigenvalue weighted by Gasteiger charge is -2.30. The molecule has 0 radical (unpaired) electrons. The Balaban J connectivity index is 1.90. The van der Waals surface area contributed by atoms with E-state index >= 15 is 0 Å². The fourth-order valence-electron chi connectivity index (χ4n) is 4.31. The van der Waals surface area contributed by atoms with Gasteiger partial charge in [0.1, 0.15) is 22.5 Å². The van der Waals surface area contributed by atoms with Crippen LogP contribution in [-0.4, -0.2) is 41.0 Å². The quantitative estimate of drug-likeness (QED) is 0.519. The molecule has 178 valence electrons. The molecule has 34 heavy (non-hydrogen) atoms. The molecule has 6 nitrogen and oxygen atoms in total. The van der Waals surface area contributed by atoms with Crippen LogP contribution in [0.5, 0.6) is 0 Å². The van der Waals surface area contributed by atoms with Crippen molar-refractivity contribution < 1.29 is 23.6 Å². The minimum atomic E-state index is -1.38. The Kier molecular flexibility index (Phi) is 6.66. The number of aliphatic hydroxyl groups excluding tert-OH is 1. The highest BCUT2D eigenvalue weighted by molar-refractivity contribution is 7.84. The monoisotopic (exact) mass is 482 g/mol. The molecule has 0 aliphatic carbocycles. The van der Waals surface area contributed by atoms with Crippen LogP contribution in [0.4, 0.5) is 4.39 Å². The number of hydrogen-bond acceptors (Lipinski definition) is 4. The first-order valence-corrected chi connectivity index (χ1v) is 12.1. The number of nitrogens with zero attached hydrogens (tertiary/aromatic N) is 2. The molecule has 1 aliphatic rings. The number of fused-ring (bicyclic) bond motifs is 1. The third-order valence-corrected chi connectivity index (χ3v) is 7.66. The number of benzene rings is 2. The minimum Gasteiger partial charge on any atom is -0.477 e. The smallest absolute Gasteiger partial charge is 0.354 e. The number of halogens is 1. The van der Waals surface area contributed by atoms with Crippen molar-refractivity contribution in [2.75, 3.05) is 6.61 Å². The molecule has 2 aromatic carbocycles. The Bertz CT molecular complexity index is 1270. The summed E-state index contributed by atoms with van der Waals surface area (Å²) in [4.78, 5) is 16.3. The van der Waals surface area contributed by atoms with E-state index in [1.165, 1.54) is 18.2 Å². The second-order valence-electron chi connectivity index (χ2n) is 9.29. The first-order valence-electron chi connectivity index (χ1n) is 11.0. The van der Waals surface area contributed by atoms with E-state index in [0.29, 0.717) is 29.8 Å². The zero-order valence-electron chi connectivity index (χ0n) is 19.3. The Labute approximate surface area is 200 Å². The maximum Gasteiger partial charge on any atom is 0.354 e. The van der Waals surface area contributed by atoms with Gasteiger partial charge in [-0.15, -0.1) is 0 Å². The molecule has 1 aliphatic heterocycles. The van der Waals surface area contributed by atoms with Gasteiger partial charge in [-0.3, -0.25) is 0 Å². The maximum atomic E-state index is 13.8. The molecule has 4 rings (SSSR count). The summed E-state index contributed by atoms with van der Waals surface area (Å²) in [5, 5.41) is 19.5. The van der Waals surface area contributed by atoms with E-state index in [1.807, 2.05) is 49.3 Å². The van der Waals surface area contributed by atoms with Gasteiger partial charge in [-0.05, 0) is 68.1 Å². The number of carboxylic acids is 1. The Morgan fingerprint density at radius 3 is 2.38 bits per heavy atom. The zero-order valence-corrected chi connectivity index (χ0v) is 20.1. The van der Waals surface area contributed by atoms with Crippen LogP contribution in [0.25, 0.3) is 22.4 Å². The highest BCUT2D eigenvalue weighted by atomic mass is 32.2. The molecule has 8 heteroatoms. The molecule has 1 unspecified atom stereocenters. The third kappa shape index (κ3) is 4.66. The zero-order chi connectivity index (χ0) is 24.6. The Morgan fingerprint density at radius 2 is 1.76 bits per heavy atom. The van der Waals surface area contributed by atoms with E-state index in [2.05, 4.69) is 4.98 Å². The Hall–Kier alpha value is -2.94. The molecular formula is C26H27FN2O4S. The number of rotatable bonds is 6. The van der Waals surface area contributed by atoms with E-state index in [4.69, 9.17) is 0 Å². The van der Waals surface area contributed by atoms with Gasteiger partial charge in [0.05, 0.1) is 16.5 Å². The van der Waals surface area contributed by atoms with Crippen molar-refractivity contribution in [3.05, 3.63) is 77.2 Å². The number of aromatic nitrogens is 1. The van der Waals surface area contributed by atoms with Gasteiger partial charge in [0.15, 0.2) is 0 Å². The lowest BCUT2D eigenvalue weighted by atomic mass is 9.94. The van der Waals surface area contributed by atoms with Crippen LogP contribution in [0.1, 0.15) is 54.8 Å². The highest BCUT2D eigenvalue weighted by Crippen LogP contribution is 2.44. The number of aromatic carboxylic acids is 1. The molecule has 0 saturated heterocycles. The third-order valence-electron chi connectivity index (χ3n) is 5.80. The number of hydrogen-bond donors (Lipinski definition) is 2. The molecule has 2 N–H and O–H groups in total. The predicted molar refractivity (Wildman–Crippen MR) is 130 cm³/mol. The van der Waals surface area contributed by atoms with Gasteiger partial charge in [-0.1, -0.05) is 30.3 Å². The summed E-state index contributed by atoms with van der Waals surface area (Å²) in [6.45, 7) is 5.82. The van der Waals surface area contributed by atoms with Crippen molar-refractivity contribution in [1.29, 1.82) is 0 Å². The Morgan fingerprint density at radius 1 is 1.12 bits per heavy atom. The summed E-state index contributed by atoms with van der Waals surface area (Å²) >= 11 is 0. The molecule has 0 fully saturated rings. The summed E-state index contributed by atoms with van der Waals surface area (Å²) < 4.78 is 28.4. The number of aliphatic hydroxyl groups is 1. The summed E-state index contributed by atoms with van der Waals surface area (Å²) in [6.07, 6.45) is 0.333. The van der Waals surface area contributed by atoms with E-state index in [1.54, 1.807) is 12.1 Å². The van der Waals surface area contributed by atoms with Crippen LogP contribution in [-0.2, 0) is 17.5 Å². The summed E-state index contributed by atoms with van der Waals surface area (Å²) in [5.41, 5.74) is 4.00. The molecular weight excluding hydrogens is 455 g/mol. The highest BCUT2D eigenvalue weighted by Gasteiger charge is 2.40. The SMILES string of the molecule is CC(C)(C)S(=O)N1Cc2cc(C(=O)O)nc(-c3cccc(-c4cccc(F)c4)c3)c2[C@H]1CCO. The van der Waals surface area contributed by atoms with Gasteiger partial charge in [0.25, 0.3) is 0 Å². The summed E-state index contributed by atoms with van der Waals surface area (Å²) in [6, 6.07) is 14.7. The van der Waals surface area contributed by atoms with Crippen LogP contribution in [0.2, 0.25) is 0 Å². The van der Waals surface area contributed by atoms with Gasteiger partial charge in [0, 0.05) is 24.3 Å². The molecule has 2 atom stereocenters. The van der Waals surface area contributed by atoms with Crippen molar-refractivity contribution in [3.63, 3.8) is 0 Å². The maximum absolute atomic E-state index is 13.8.